The summed E-state index contributed by atoms with van der Waals surface area (Å²) in [5.41, 5.74) is 2.32. The lowest BCUT2D eigenvalue weighted by Gasteiger charge is -2.25. The fraction of sp³-hybridized carbons (Fsp3) is 0.385. The van der Waals surface area contributed by atoms with E-state index < -0.39 is 0 Å². The minimum Gasteiger partial charge on any atom is -0.493 e. The third-order valence-corrected chi connectivity index (χ3v) is 5.71. The lowest BCUT2D eigenvalue weighted by molar-refractivity contribution is -0.137. The maximum atomic E-state index is 13.6. The number of anilines is 1. The number of carbonyl (C=O) groups is 2. The number of para-hydroxylation sites is 1. The lowest BCUT2D eigenvalue weighted by atomic mass is 10.0. The largest absolute Gasteiger partial charge is 0.493 e. The van der Waals surface area contributed by atoms with Crippen LogP contribution in [0.15, 0.2) is 54.2 Å². The molecule has 0 aliphatic carbocycles. The van der Waals surface area contributed by atoms with Crippen LogP contribution in [0.25, 0.3) is 5.57 Å². The second-order valence-electron chi connectivity index (χ2n) is 7.70. The first-order valence-electron chi connectivity index (χ1n) is 11.2. The Morgan fingerprint density at radius 1 is 0.844 bits per heavy atom. The number of benzene rings is 2. The summed E-state index contributed by atoms with van der Waals surface area (Å²) in [5, 5.41) is 0. The lowest BCUT2D eigenvalue weighted by Crippen LogP contribution is -2.36. The number of unbranched alkanes of at least 4 members (excludes halogenated alkanes) is 3. The van der Waals surface area contributed by atoms with Crippen molar-refractivity contribution >= 4 is 23.1 Å². The highest BCUT2D eigenvalue weighted by Crippen LogP contribution is 2.37. The minimum absolute atomic E-state index is 0.248. The average molecular weight is 437 g/mol. The molecule has 0 unspecified atom stereocenters. The van der Waals surface area contributed by atoms with Crippen LogP contribution in [0.1, 0.15) is 45.1 Å². The van der Waals surface area contributed by atoms with Crippen LogP contribution in [-0.2, 0) is 9.59 Å². The first kappa shape index (κ1) is 23.4. The highest BCUT2D eigenvalue weighted by molar-refractivity contribution is 6.36. The monoisotopic (exact) mass is 436 g/mol. The summed E-state index contributed by atoms with van der Waals surface area (Å²) in [6, 6.07) is 15.0. The van der Waals surface area contributed by atoms with Crippen molar-refractivity contribution in [3.05, 3.63) is 59.8 Å². The van der Waals surface area contributed by atoms with Gasteiger partial charge in [0, 0.05) is 18.8 Å². The molecule has 1 aliphatic heterocycles. The number of nitrogens with zero attached hydrogens (tertiary/aromatic N) is 2. The number of methoxy groups -OCH3 is 2. The molecule has 6 nitrogen and oxygen atoms in total. The second-order valence-corrected chi connectivity index (χ2v) is 7.70. The van der Waals surface area contributed by atoms with Crippen molar-refractivity contribution in [2.24, 2.45) is 0 Å². The van der Waals surface area contributed by atoms with Gasteiger partial charge in [-0.25, -0.2) is 0 Å². The summed E-state index contributed by atoms with van der Waals surface area (Å²) in [5.74, 6) is 0.577. The summed E-state index contributed by atoms with van der Waals surface area (Å²) >= 11 is 0. The minimum atomic E-state index is -0.261. The molecule has 0 spiro atoms. The van der Waals surface area contributed by atoms with Crippen molar-refractivity contribution < 1.29 is 19.1 Å². The molecule has 0 saturated carbocycles. The van der Waals surface area contributed by atoms with E-state index in [4.69, 9.17) is 9.47 Å². The van der Waals surface area contributed by atoms with Gasteiger partial charge in [0.15, 0.2) is 11.5 Å². The zero-order chi connectivity index (χ0) is 23.1. The number of carbonyl (C=O) groups excluding carboxylic acids is 2. The molecule has 2 aromatic rings. The number of likely N-dealkylation sites (N-methyl/N-ethyl adjacent to an activating group) is 1. The standard InChI is InChI=1S/C26H32N2O4/c1-5-7-8-12-17-28-25(29)23(19-15-16-21(31-3)22(18-19)32-4)24(26(28)30)27(6-2)20-13-10-9-11-14-20/h9-11,13-16,18H,5-8,12,17H2,1-4H3. The molecule has 2 amide bonds. The number of rotatable bonds is 11. The zero-order valence-electron chi connectivity index (χ0n) is 19.4. The van der Waals surface area contributed by atoms with E-state index in [0.29, 0.717) is 41.4 Å². The maximum Gasteiger partial charge on any atom is 0.278 e. The Morgan fingerprint density at radius 2 is 1.56 bits per heavy atom. The van der Waals surface area contributed by atoms with Gasteiger partial charge in [0.1, 0.15) is 5.70 Å². The average Bonchev–Trinajstić information content (AvgIpc) is 3.07. The van der Waals surface area contributed by atoms with Gasteiger partial charge in [-0.1, -0.05) is 50.5 Å². The first-order chi connectivity index (χ1) is 15.6. The van der Waals surface area contributed by atoms with Crippen molar-refractivity contribution in [1.29, 1.82) is 0 Å². The van der Waals surface area contributed by atoms with Gasteiger partial charge < -0.3 is 14.4 Å². The summed E-state index contributed by atoms with van der Waals surface area (Å²) in [6.45, 7) is 5.09. The van der Waals surface area contributed by atoms with Gasteiger partial charge >= 0.3 is 0 Å². The molecule has 170 valence electrons. The van der Waals surface area contributed by atoms with Crippen molar-refractivity contribution in [3.8, 4) is 11.5 Å². The normalized spacial score (nSPS) is 13.7. The van der Waals surface area contributed by atoms with Gasteiger partial charge in [-0.3, -0.25) is 14.5 Å². The Morgan fingerprint density at radius 3 is 2.19 bits per heavy atom. The van der Waals surface area contributed by atoms with Gasteiger partial charge in [0.25, 0.3) is 11.8 Å². The SMILES string of the molecule is CCCCCCN1C(=O)C(c2ccc(OC)c(OC)c2)=C(N(CC)c2ccccc2)C1=O. The van der Waals surface area contributed by atoms with Crippen LogP contribution in [0.5, 0.6) is 11.5 Å². The topological polar surface area (TPSA) is 59.1 Å². The molecule has 0 atom stereocenters. The summed E-state index contributed by atoms with van der Waals surface area (Å²) in [7, 11) is 3.12. The third kappa shape index (κ3) is 4.64. The van der Waals surface area contributed by atoms with Crippen LogP contribution >= 0.6 is 0 Å². The van der Waals surface area contributed by atoms with Gasteiger partial charge in [0.05, 0.1) is 19.8 Å². The van der Waals surface area contributed by atoms with Crippen molar-refractivity contribution in [3.63, 3.8) is 0 Å². The molecule has 0 saturated heterocycles. The Kier molecular flexibility index (Phi) is 7.92. The molecular weight excluding hydrogens is 404 g/mol. The number of hydrogen-bond acceptors (Lipinski definition) is 5. The maximum absolute atomic E-state index is 13.6. The quantitative estimate of drug-likeness (QED) is 0.371. The van der Waals surface area contributed by atoms with Crippen LogP contribution in [0, 0.1) is 0 Å². The van der Waals surface area contributed by atoms with E-state index in [1.165, 1.54) is 4.90 Å². The molecule has 0 aromatic heterocycles. The van der Waals surface area contributed by atoms with E-state index in [0.717, 1.165) is 31.4 Å². The predicted molar refractivity (Wildman–Crippen MR) is 127 cm³/mol. The van der Waals surface area contributed by atoms with Crippen LogP contribution < -0.4 is 14.4 Å². The Balaban J connectivity index is 2.09. The molecule has 32 heavy (non-hydrogen) atoms. The summed E-state index contributed by atoms with van der Waals surface area (Å²) < 4.78 is 10.8. The first-order valence-corrected chi connectivity index (χ1v) is 11.2. The van der Waals surface area contributed by atoms with Gasteiger partial charge in [-0.15, -0.1) is 0 Å². The number of ether oxygens (including phenoxy) is 2. The Labute approximate surface area is 190 Å². The molecule has 0 fully saturated rings. The highest BCUT2D eigenvalue weighted by atomic mass is 16.5. The molecule has 1 aliphatic rings. The van der Waals surface area contributed by atoms with Gasteiger partial charge in [-0.2, -0.15) is 0 Å². The zero-order valence-corrected chi connectivity index (χ0v) is 19.4. The van der Waals surface area contributed by atoms with E-state index in [9.17, 15) is 9.59 Å². The van der Waals surface area contributed by atoms with Crippen LogP contribution in [-0.4, -0.2) is 44.0 Å². The van der Waals surface area contributed by atoms with E-state index in [-0.39, 0.29) is 11.8 Å². The number of amides is 2. The van der Waals surface area contributed by atoms with Crippen molar-refractivity contribution in [2.45, 2.75) is 39.5 Å². The highest BCUT2D eigenvalue weighted by Gasteiger charge is 2.41. The summed E-state index contributed by atoms with van der Waals surface area (Å²) in [4.78, 5) is 30.4. The molecule has 2 aromatic carbocycles. The van der Waals surface area contributed by atoms with Crippen molar-refractivity contribution in [1.82, 2.24) is 4.90 Å². The second kappa shape index (κ2) is 10.8. The van der Waals surface area contributed by atoms with Gasteiger partial charge in [-0.05, 0) is 43.2 Å². The molecule has 3 rings (SSSR count). The molecule has 6 heteroatoms. The molecule has 0 N–H and O–H groups in total. The fourth-order valence-corrected chi connectivity index (χ4v) is 4.04. The Bertz CT molecular complexity index is 985. The third-order valence-electron chi connectivity index (χ3n) is 5.71. The van der Waals surface area contributed by atoms with E-state index in [1.54, 1.807) is 32.4 Å². The van der Waals surface area contributed by atoms with Crippen LogP contribution in [0.2, 0.25) is 0 Å². The van der Waals surface area contributed by atoms with E-state index in [2.05, 4.69) is 6.92 Å². The number of imide groups is 1. The van der Waals surface area contributed by atoms with Crippen molar-refractivity contribution in [2.75, 3.05) is 32.2 Å². The van der Waals surface area contributed by atoms with Gasteiger partial charge in [0.2, 0.25) is 0 Å². The van der Waals surface area contributed by atoms with E-state index in [1.807, 2.05) is 42.2 Å². The molecule has 0 radical (unpaired) electrons. The molecule has 1 heterocycles. The smallest absolute Gasteiger partial charge is 0.278 e. The van der Waals surface area contributed by atoms with Crippen LogP contribution in [0.3, 0.4) is 0 Å². The Hall–Kier alpha value is -3.28. The predicted octanol–water partition coefficient (Wildman–Crippen LogP) is 4.89. The molecule has 0 bridgehead atoms. The molecular formula is C26H32N2O4. The fourth-order valence-electron chi connectivity index (χ4n) is 4.04. The summed E-state index contributed by atoms with van der Waals surface area (Å²) in [6.07, 6.45) is 3.98. The van der Waals surface area contributed by atoms with E-state index >= 15 is 0 Å². The number of hydrogen-bond donors (Lipinski definition) is 0. The van der Waals surface area contributed by atoms with Crippen LogP contribution in [0.4, 0.5) is 5.69 Å².